The number of hydrogen-bond donors (Lipinski definition) is 0. The SMILES string of the molecule is CC(=O)C1(C)OC(C)C1(C)C. The van der Waals surface area contributed by atoms with Crippen LogP contribution < -0.4 is 0 Å². The van der Waals surface area contributed by atoms with E-state index in [0.29, 0.717) is 0 Å². The topological polar surface area (TPSA) is 26.3 Å². The van der Waals surface area contributed by atoms with E-state index in [0.717, 1.165) is 0 Å². The second-order valence-electron chi connectivity index (χ2n) is 4.07. The fraction of sp³-hybridized carbons (Fsp3) is 0.889. The lowest BCUT2D eigenvalue weighted by molar-refractivity contribution is -0.274. The molecule has 1 aliphatic heterocycles. The molecular formula is C9H16O2. The van der Waals surface area contributed by atoms with Crippen LogP contribution in [0.2, 0.25) is 0 Å². The first kappa shape index (κ1) is 8.72. The molecule has 0 radical (unpaired) electrons. The number of ketones is 1. The summed E-state index contributed by atoms with van der Waals surface area (Å²) < 4.78 is 5.45. The molecule has 0 saturated carbocycles. The second kappa shape index (κ2) is 2.07. The van der Waals surface area contributed by atoms with Gasteiger partial charge in [0.05, 0.1) is 6.10 Å². The zero-order chi connectivity index (χ0) is 8.86. The molecule has 0 bridgehead atoms. The van der Waals surface area contributed by atoms with Crippen LogP contribution in [0.4, 0.5) is 0 Å². The second-order valence-corrected chi connectivity index (χ2v) is 4.07. The highest BCUT2D eigenvalue weighted by Gasteiger charge is 2.59. The average molecular weight is 156 g/mol. The van der Waals surface area contributed by atoms with Crippen molar-refractivity contribution in [2.24, 2.45) is 5.41 Å². The Hall–Kier alpha value is -0.370. The minimum absolute atomic E-state index is 0.0150. The first-order valence-electron chi connectivity index (χ1n) is 4.01. The van der Waals surface area contributed by atoms with Crippen LogP contribution in [0.25, 0.3) is 0 Å². The highest BCUT2D eigenvalue weighted by Crippen LogP contribution is 2.49. The predicted octanol–water partition coefficient (Wildman–Crippen LogP) is 1.78. The molecule has 2 unspecified atom stereocenters. The highest BCUT2D eigenvalue weighted by molar-refractivity contribution is 5.86. The first-order chi connectivity index (χ1) is 4.82. The minimum atomic E-state index is -0.549. The largest absolute Gasteiger partial charge is 0.363 e. The molecule has 0 spiro atoms. The fourth-order valence-corrected chi connectivity index (χ4v) is 1.52. The Bertz CT molecular complexity index is 196. The van der Waals surface area contributed by atoms with Gasteiger partial charge >= 0.3 is 0 Å². The van der Waals surface area contributed by atoms with Crippen LogP contribution in [0, 0.1) is 5.41 Å². The fourth-order valence-electron chi connectivity index (χ4n) is 1.52. The zero-order valence-corrected chi connectivity index (χ0v) is 7.89. The van der Waals surface area contributed by atoms with E-state index < -0.39 is 5.60 Å². The summed E-state index contributed by atoms with van der Waals surface area (Å²) in [5.41, 5.74) is -0.564. The summed E-state index contributed by atoms with van der Waals surface area (Å²) in [7, 11) is 0. The van der Waals surface area contributed by atoms with E-state index in [2.05, 4.69) is 13.8 Å². The Labute approximate surface area is 67.9 Å². The molecule has 0 N–H and O–H groups in total. The van der Waals surface area contributed by atoms with Gasteiger partial charge in [0.15, 0.2) is 5.78 Å². The maximum Gasteiger partial charge on any atom is 0.161 e. The molecular weight excluding hydrogens is 140 g/mol. The van der Waals surface area contributed by atoms with Crippen molar-refractivity contribution in [2.45, 2.75) is 46.3 Å². The molecule has 1 fully saturated rings. The molecule has 1 heterocycles. The molecule has 0 aromatic heterocycles. The Balaban J connectivity index is 2.87. The smallest absolute Gasteiger partial charge is 0.161 e. The maximum atomic E-state index is 11.2. The zero-order valence-electron chi connectivity index (χ0n) is 7.89. The van der Waals surface area contributed by atoms with Gasteiger partial charge in [-0.15, -0.1) is 0 Å². The third-order valence-electron chi connectivity index (χ3n) is 3.33. The molecule has 0 aromatic carbocycles. The van der Waals surface area contributed by atoms with Crippen molar-refractivity contribution in [3.8, 4) is 0 Å². The normalized spacial score (nSPS) is 41.4. The summed E-state index contributed by atoms with van der Waals surface area (Å²) in [5.74, 6) is 0.126. The van der Waals surface area contributed by atoms with E-state index in [1.165, 1.54) is 0 Å². The first-order valence-corrected chi connectivity index (χ1v) is 4.01. The molecule has 64 valence electrons. The van der Waals surface area contributed by atoms with Gasteiger partial charge in [-0.05, 0) is 20.8 Å². The molecule has 11 heavy (non-hydrogen) atoms. The van der Waals surface area contributed by atoms with Gasteiger partial charge in [0.25, 0.3) is 0 Å². The van der Waals surface area contributed by atoms with Crippen LogP contribution in [0.3, 0.4) is 0 Å². The van der Waals surface area contributed by atoms with Gasteiger partial charge in [-0.3, -0.25) is 4.79 Å². The van der Waals surface area contributed by atoms with Crippen molar-refractivity contribution >= 4 is 5.78 Å². The quantitative estimate of drug-likeness (QED) is 0.578. The molecule has 0 amide bonds. The van der Waals surface area contributed by atoms with E-state index in [-0.39, 0.29) is 17.3 Å². The van der Waals surface area contributed by atoms with Crippen LogP contribution in [-0.2, 0) is 9.53 Å². The van der Waals surface area contributed by atoms with Crippen LogP contribution in [0.5, 0.6) is 0 Å². The van der Waals surface area contributed by atoms with Crippen molar-refractivity contribution in [2.75, 3.05) is 0 Å². The van der Waals surface area contributed by atoms with E-state index in [4.69, 9.17) is 4.74 Å². The van der Waals surface area contributed by atoms with Gasteiger partial charge in [-0.2, -0.15) is 0 Å². The van der Waals surface area contributed by atoms with Gasteiger partial charge in [0.1, 0.15) is 5.60 Å². The summed E-state index contributed by atoms with van der Waals surface area (Å²) >= 11 is 0. The lowest BCUT2D eigenvalue weighted by Gasteiger charge is -2.57. The third kappa shape index (κ3) is 0.853. The number of Topliss-reactive ketones (excluding diaryl/α,β-unsaturated/α-hetero) is 1. The molecule has 1 saturated heterocycles. The summed E-state index contributed by atoms with van der Waals surface area (Å²) in [6.45, 7) is 9.61. The van der Waals surface area contributed by atoms with Crippen LogP contribution in [-0.4, -0.2) is 17.5 Å². The predicted molar refractivity (Wildman–Crippen MR) is 43.4 cm³/mol. The van der Waals surface area contributed by atoms with Gasteiger partial charge in [-0.25, -0.2) is 0 Å². The summed E-state index contributed by atoms with van der Waals surface area (Å²) in [6, 6.07) is 0. The number of carbonyl (C=O) groups excluding carboxylic acids is 1. The molecule has 0 aromatic rings. The van der Waals surface area contributed by atoms with Crippen molar-refractivity contribution in [1.82, 2.24) is 0 Å². The molecule has 2 heteroatoms. The van der Waals surface area contributed by atoms with Crippen molar-refractivity contribution in [3.05, 3.63) is 0 Å². The number of hydrogen-bond acceptors (Lipinski definition) is 2. The summed E-state index contributed by atoms with van der Waals surface area (Å²) in [6.07, 6.45) is 0.191. The minimum Gasteiger partial charge on any atom is -0.363 e. The molecule has 0 aliphatic carbocycles. The Morgan fingerprint density at radius 1 is 1.36 bits per heavy atom. The van der Waals surface area contributed by atoms with Crippen LogP contribution in [0.15, 0.2) is 0 Å². The third-order valence-corrected chi connectivity index (χ3v) is 3.33. The molecule has 2 atom stereocenters. The summed E-state index contributed by atoms with van der Waals surface area (Å²) in [4.78, 5) is 11.2. The lowest BCUT2D eigenvalue weighted by Crippen LogP contribution is -2.67. The highest BCUT2D eigenvalue weighted by atomic mass is 16.5. The van der Waals surface area contributed by atoms with Gasteiger partial charge in [0, 0.05) is 5.41 Å². The Kier molecular flexibility index (Phi) is 1.64. The number of carbonyl (C=O) groups is 1. The average Bonchev–Trinajstić information content (AvgIpc) is 1.87. The maximum absolute atomic E-state index is 11.2. The Morgan fingerprint density at radius 2 is 1.82 bits per heavy atom. The van der Waals surface area contributed by atoms with E-state index >= 15 is 0 Å². The number of rotatable bonds is 1. The van der Waals surface area contributed by atoms with Crippen molar-refractivity contribution in [3.63, 3.8) is 0 Å². The molecule has 2 nitrogen and oxygen atoms in total. The molecule has 1 aliphatic rings. The van der Waals surface area contributed by atoms with E-state index in [1.54, 1.807) is 6.92 Å². The Morgan fingerprint density at radius 3 is 1.91 bits per heavy atom. The van der Waals surface area contributed by atoms with Crippen molar-refractivity contribution in [1.29, 1.82) is 0 Å². The summed E-state index contributed by atoms with van der Waals surface area (Å²) in [5, 5.41) is 0. The van der Waals surface area contributed by atoms with Gasteiger partial charge < -0.3 is 4.74 Å². The van der Waals surface area contributed by atoms with Crippen LogP contribution >= 0.6 is 0 Å². The van der Waals surface area contributed by atoms with Crippen LogP contribution in [0.1, 0.15) is 34.6 Å². The number of ether oxygens (including phenoxy) is 1. The van der Waals surface area contributed by atoms with Gasteiger partial charge in [0.2, 0.25) is 0 Å². The monoisotopic (exact) mass is 156 g/mol. The van der Waals surface area contributed by atoms with Gasteiger partial charge in [-0.1, -0.05) is 13.8 Å². The van der Waals surface area contributed by atoms with Crippen molar-refractivity contribution < 1.29 is 9.53 Å². The lowest BCUT2D eigenvalue weighted by atomic mass is 9.65. The standard InChI is InChI=1S/C9H16O2/c1-6(10)9(5)8(3,4)7(2)11-9/h7H,1-5H3. The van der Waals surface area contributed by atoms with E-state index in [9.17, 15) is 4.79 Å². The molecule has 1 rings (SSSR count). The van der Waals surface area contributed by atoms with E-state index in [1.807, 2.05) is 13.8 Å².